The second-order valence-electron chi connectivity index (χ2n) is 2.81. The summed E-state index contributed by atoms with van der Waals surface area (Å²) >= 11 is 0. The summed E-state index contributed by atoms with van der Waals surface area (Å²) in [5, 5.41) is 8.29. The number of aryl methyl sites for hydroxylation is 1. The number of hydrogen-bond donors (Lipinski definition) is 1. The van der Waals surface area contributed by atoms with Crippen molar-refractivity contribution >= 4 is 5.97 Å². The Hall–Kier alpha value is -1.46. The molecule has 0 saturated heterocycles. The summed E-state index contributed by atoms with van der Waals surface area (Å²) in [6.45, 7) is 2.02. The minimum Gasteiger partial charge on any atom is -0.481 e. The largest absolute Gasteiger partial charge is 0.481 e. The highest BCUT2D eigenvalue weighted by molar-refractivity contribution is 5.67. The first-order valence-corrected chi connectivity index (χ1v) is 4.08. The highest BCUT2D eigenvalue weighted by Gasteiger charge is 2.38. The number of nitrogens with zero attached hydrogens (tertiary/aromatic N) is 2. The van der Waals surface area contributed by atoms with Crippen molar-refractivity contribution < 1.29 is 18.7 Å². The van der Waals surface area contributed by atoms with Crippen molar-refractivity contribution in [2.45, 2.75) is 25.8 Å². The first-order chi connectivity index (χ1) is 6.47. The predicted octanol–water partition coefficient (Wildman–Crippen LogP) is 1.47. The first-order valence-electron chi connectivity index (χ1n) is 4.08. The van der Waals surface area contributed by atoms with Gasteiger partial charge in [0.1, 0.15) is 6.42 Å². The lowest BCUT2D eigenvalue weighted by atomic mass is 10.2. The van der Waals surface area contributed by atoms with Crippen molar-refractivity contribution in [3.05, 3.63) is 18.2 Å². The molecular formula is C8H10F2N2O2. The number of imidazole rings is 1. The van der Waals surface area contributed by atoms with Crippen LogP contribution in [0.3, 0.4) is 0 Å². The number of halogens is 2. The Morgan fingerprint density at radius 2 is 2.36 bits per heavy atom. The van der Waals surface area contributed by atoms with Gasteiger partial charge in [-0.3, -0.25) is 4.79 Å². The molecule has 0 fully saturated rings. The van der Waals surface area contributed by atoms with E-state index >= 15 is 0 Å². The molecule has 0 aliphatic carbocycles. The third-order valence-electron chi connectivity index (χ3n) is 1.76. The average Bonchev–Trinajstić information content (AvgIpc) is 2.48. The zero-order chi connectivity index (χ0) is 10.8. The second-order valence-corrected chi connectivity index (χ2v) is 2.81. The molecule has 1 aromatic rings. The van der Waals surface area contributed by atoms with Crippen molar-refractivity contribution in [2.24, 2.45) is 0 Å². The van der Waals surface area contributed by atoms with E-state index in [0.717, 1.165) is 0 Å². The van der Waals surface area contributed by atoms with Crippen LogP contribution >= 0.6 is 0 Å². The number of carboxylic acids is 1. The third-order valence-corrected chi connectivity index (χ3v) is 1.76. The maximum absolute atomic E-state index is 13.2. The van der Waals surface area contributed by atoms with E-state index in [-0.39, 0.29) is 0 Å². The standard InChI is InChI=1S/C8H10F2N2O2/c1-2-12-4-3-11-7(12)8(9,10)5-6(13)14/h3-4H,2,5H2,1H3,(H,13,14). The summed E-state index contributed by atoms with van der Waals surface area (Å²) in [6, 6.07) is 0. The van der Waals surface area contributed by atoms with Crippen LogP contribution in [-0.2, 0) is 17.3 Å². The van der Waals surface area contributed by atoms with E-state index in [1.54, 1.807) is 6.92 Å². The minimum absolute atomic E-state index is 0.338. The number of rotatable bonds is 4. The Labute approximate surface area is 79.2 Å². The highest BCUT2D eigenvalue weighted by atomic mass is 19.3. The van der Waals surface area contributed by atoms with Gasteiger partial charge in [-0.15, -0.1) is 0 Å². The van der Waals surface area contributed by atoms with Crippen LogP contribution in [0.25, 0.3) is 0 Å². The molecule has 0 aliphatic heterocycles. The third kappa shape index (κ3) is 2.07. The molecule has 0 radical (unpaired) electrons. The number of aliphatic carboxylic acids is 1. The maximum Gasteiger partial charge on any atom is 0.315 e. The molecule has 0 aliphatic rings. The summed E-state index contributed by atoms with van der Waals surface area (Å²) < 4.78 is 27.7. The van der Waals surface area contributed by atoms with Gasteiger partial charge in [-0.1, -0.05) is 0 Å². The number of carboxylic acid groups (broad SMARTS) is 1. The molecule has 0 unspecified atom stereocenters. The van der Waals surface area contributed by atoms with Crippen molar-refractivity contribution in [2.75, 3.05) is 0 Å². The fourth-order valence-electron chi connectivity index (χ4n) is 1.16. The fourth-order valence-corrected chi connectivity index (χ4v) is 1.16. The number of carbonyl (C=O) groups is 1. The predicted molar refractivity (Wildman–Crippen MR) is 44.0 cm³/mol. The van der Waals surface area contributed by atoms with Gasteiger partial charge in [0.15, 0.2) is 5.82 Å². The second kappa shape index (κ2) is 3.73. The zero-order valence-electron chi connectivity index (χ0n) is 7.57. The minimum atomic E-state index is -3.41. The van der Waals surface area contributed by atoms with Gasteiger partial charge in [-0.25, -0.2) is 4.98 Å². The van der Waals surface area contributed by atoms with Crippen LogP contribution in [0.1, 0.15) is 19.2 Å². The molecule has 78 valence electrons. The molecule has 0 bridgehead atoms. The van der Waals surface area contributed by atoms with Crippen LogP contribution in [0.5, 0.6) is 0 Å². The van der Waals surface area contributed by atoms with Gasteiger partial charge in [-0.05, 0) is 6.92 Å². The summed E-state index contributed by atoms with van der Waals surface area (Å²) in [7, 11) is 0. The molecular weight excluding hydrogens is 194 g/mol. The van der Waals surface area contributed by atoms with Crippen LogP contribution in [-0.4, -0.2) is 20.6 Å². The molecule has 0 amide bonds. The molecule has 6 heteroatoms. The van der Waals surface area contributed by atoms with Crippen LogP contribution in [0.4, 0.5) is 8.78 Å². The molecule has 0 saturated carbocycles. The van der Waals surface area contributed by atoms with Crippen LogP contribution < -0.4 is 0 Å². The zero-order valence-corrected chi connectivity index (χ0v) is 7.57. The normalized spacial score (nSPS) is 11.6. The van der Waals surface area contributed by atoms with Crippen LogP contribution in [0.15, 0.2) is 12.4 Å². The van der Waals surface area contributed by atoms with E-state index in [9.17, 15) is 13.6 Å². The summed E-state index contributed by atoms with van der Waals surface area (Å²) in [6.07, 6.45) is 1.39. The molecule has 1 heterocycles. The quantitative estimate of drug-likeness (QED) is 0.807. The van der Waals surface area contributed by atoms with Gasteiger partial charge >= 0.3 is 11.9 Å². The average molecular weight is 204 g/mol. The van der Waals surface area contributed by atoms with Crippen molar-refractivity contribution in [1.82, 2.24) is 9.55 Å². The maximum atomic E-state index is 13.2. The number of alkyl halides is 2. The lowest BCUT2D eigenvalue weighted by Crippen LogP contribution is -2.23. The summed E-state index contributed by atoms with van der Waals surface area (Å²) in [4.78, 5) is 13.7. The highest BCUT2D eigenvalue weighted by Crippen LogP contribution is 2.30. The van der Waals surface area contributed by atoms with E-state index in [4.69, 9.17) is 5.11 Å². The molecule has 0 aromatic carbocycles. The molecule has 14 heavy (non-hydrogen) atoms. The van der Waals surface area contributed by atoms with Gasteiger partial charge in [0.05, 0.1) is 0 Å². The smallest absolute Gasteiger partial charge is 0.315 e. The SMILES string of the molecule is CCn1ccnc1C(F)(F)CC(=O)O. The molecule has 0 atom stereocenters. The lowest BCUT2D eigenvalue weighted by molar-refractivity contribution is -0.146. The molecule has 1 N–H and O–H groups in total. The summed E-state index contributed by atoms with van der Waals surface area (Å²) in [5.41, 5.74) is 0. The van der Waals surface area contributed by atoms with Gasteiger partial charge in [0.2, 0.25) is 0 Å². The van der Waals surface area contributed by atoms with Crippen molar-refractivity contribution in [3.63, 3.8) is 0 Å². The lowest BCUT2D eigenvalue weighted by Gasteiger charge is -2.14. The monoisotopic (exact) mass is 204 g/mol. The molecule has 1 rings (SSSR count). The molecule has 0 spiro atoms. The van der Waals surface area contributed by atoms with Gasteiger partial charge in [0, 0.05) is 18.9 Å². The Bertz CT molecular complexity index is 336. The van der Waals surface area contributed by atoms with Crippen molar-refractivity contribution in [1.29, 1.82) is 0 Å². The Morgan fingerprint density at radius 3 is 2.86 bits per heavy atom. The Balaban J connectivity index is 2.96. The Kier molecular flexibility index (Phi) is 2.83. The van der Waals surface area contributed by atoms with Gasteiger partial charge < -0.3 is 9.67 Å². The van der Waals surface area contributed by atoms with Gasteiger partial charge in [-0.2, -0.15) is 8.78 Å². The number of aromatic nitrogens is 2. The van der Waals surface area contributed by atoms with Gasteiger partial charge in [0.25, 0.3) is 0 Å². The molecule has 4 nitrogen and oxygen atoms in total. The first kappa shape index (κ1) is 10.6. The molecule has 1 aromatic heterocycles. The van der Waals surface area contributed by atoms with E-state index in [1.165, 1.54) is 17.0 Å². The fraction of sp³-hybridized carbons (Fsp3) is 0.500. The Morgan fingerprint density at radius 1 is 1.71 bits per heavy atom. The topological polar surface area (TPSA) is 55.1 Å². The van der Waals surface area contributed by atoms with E-state index < -0.39 is 24.1 Å². The van der Waals surface area contributed by atoms with Crippen LogP contribution in [0.2, 0.25) is 0 Å². The summed E-state index contributed by atoms with van der Waals surface area (Å²) in [5.74, 6) is -5.45. The van der Waals surface area contributed by atoms with Crippen molar-refractivity contribution in [3.8, 4) is 0 Å². The van der Waals surface area contributed by atoms with E-state index in [1.807, 2.05) is 0 Å². The van der Waals surface area contributed by atoms with Crippen LogP contribution in [0, 0.1) is 0 Å². The van der Waals surface area contributed by atoms with E-state index in [0.29, 0.717) is 6.54 Å². The number of hydrogen-bond acceptors (Lipinski definition) is 2. The van der Waals surface area contributed by atoms with E-state index in [2.05, 4.69) is 4.98 Å².